The van der Waals surface area contributed by atoms with Crippen molar-refractivity contribution in [2.24, 2.45) is 5.10 Å². The molecule has 3 aromatic rings. The quantitative estimate of drug-likeness (QED) is 0.339. The maximum Gasteiger partial charge on any atom is 0.271 e. The second kappa shape index (κ2) is 11.0. The highest BCUT2D eigenvalue weighted by Gasteiger charge is 2.18. The second-order valence-corrected chi connectivity index (χ2v) is 9.19. The van der Waals surface area contributed by atoms with Crippen LogP contribution in [0.3, 0.4) is 0 Å². The molecule has 1 amide bonds. The van der Waals surface area contributed by atoms with E-state index in [0.717, 1.165) is 23.5 Å². The van der Waals surface area contributed by atoms with Crippen LogP contribution < -0.4 is 14.9 Å². The molecule has 0 fully saturated rings. The van der Waals surface area contributed by atoms with Gasteiger partial charge >= 0.3 is 0 Å². The van der Waals surface area contributed by atoms with Crippen molar-refractivity contribution in [3.63, 3.8) is 0 Å². The number of nitrogens with one attached hydrogen (secondary N) is 2. The van der Waals surface area contributed by atoms with Crippen LogP contribution in [0.15, 0.2) is 64.6 Å². The molecule has 1 heterocycles. The van der Waals surface area contributed by atoms with Gasteiger partial charge in [0.05, 0.1) is 30.5 Å². The van der Waals surface area contributed by atoms with Gasteiger partial charge in [-0.15, -0.1) is 0 Å². The molecule has 0 aliphatic heterocycles. The first-order chi connectivity index (χ1) is 16.3. The highest BCUT2D eigenvalue weighted by atomic mass is 32.2. The molecule has 0 aliphatic rings. The number of hydrogen-bond acceptors (Lipinski definition) is 6. The number of anilines is 1. The van der Waals surface area contributed by atoms with Crippen LogP contribution in [0.4, 0.5) is 5.69 Å². The molecule has 34 heavy (non-hydrogen) atoms. The van der Waals surface area contributed by atoms with Crippen LogP contribution in [0.5, 0.6) is 5.75 Å². The van der Waals surface area contributed by atoms with E-state index >= 15 is 0 Å². The summed E-state index contributed by atoms with van der Waals surface area (Å²) in [6, 6.07) is 14.4. The zero-order chi connectivity index (χ0) is 24.7. The Balaban J connectivity index is 1.73. The molecule has 2 N–H and O–H groups in total. The van der Waals surface area contributed by atoms with Gasteiger partial charge in [-0.2, -0.15) is 5.10 Å². The van der Waals surface area contributed by atoms with E-state index in [1.807, 2.05) is 19.9 Å². The number of hydrazone groups is 1. The van der Waals surface area contributed by atoms with E-state index in [0.29, 0.717) is 18.0 Å². The minimum atomic E-state index is -3.94. The molecule has 9 nitrogen and oxygen atoms in total. The Labute approximate surface area is 199 Å². The normalized spacial score (nSPS) is 11.5. The monoisotopic (exact) mass is 484 g/mol. The van der Waals surface area contributed by atoms with E-state index in [1.54, 1.807) is 37.6 Å². The van der Waals surface area contributed by atoms with Gasteiger partial charge in [0.25, 0.3) is 15.9 Å². The Hall–Kier alpha value is -3.63. The standard InChI is InChI=1S/C24H28N4O5S/c1-17-14-20(18(2)28(17)12-13-32-3)16-25-26-24(29)19-8-7-9-21(15-19)34(30,31)27-22-10-5-6-11-23(22)33-4/h5-11,14-16,27H,12-13H2,1-4H3,(H,26,29). The average molecular weight is 485 g/mol. The number of hydrogen-bond donors (Lipinski definition) is 2. The summed E-state index contributed by atoms with van der Waals surface area (Å²) in [7, 11) is -0.834. The van der Waals surface area contributed by atoms with E-state index in [4.69, 9.17) is 9.47 Å². The molecule has 0 bridgehead atoms. The summed E-state index contributed by atoms with van der Waals surface area (Å²) in [5.41, 5.74) is 5.84. The van der Waals surface area contributed by atoms with Crippen LogP contribution in [0.1, 0.15) is 27.3 Å². The van der Waals surface area contributed by atoms with E-state index in [-0.39, 0.29) is 10.5 Å². The number of methoxy groups -OCH3 is 2. The summed E-state index contributed by atoms with van der Waals surface area (Å²) in [5, 5.41) is 4.05. The Kier molecular flexibility index (Phi) is 8.08. The first-order valence-electron chi connectivity index (χ1n) is 10.5. The van der Waals surface area contributed by atoms with Gasteiger partial charge in [0, 0.05) is 36.2 Å². The van der Waals surface area contributed by atoms with Crippen LogP contribution in [-0.4, -0.2) is 45.9 Å². The van der Waals surface area contributed by atoms with E-state index < -0.39 is 15.9 Å². The van der Waals surface area contributed by atoms with Crippen LogP contribution >= 0.6 is 0 Å². The third-order valence-electron chi connectivity index (χ3n) is 5.26. The van der Waals surface area contributed by atoms with Crippen LogP contribution in [0, 0.1) is 13.8 Å². The van der Waals surface area contributed by atoms with Crippen LogP contribution in [0.25, 0.3) is 0 Å². The maximum atomic E-state index is 12.9. The number of rotatable bonds is 10. The molecular weight excluding hydrogens is 456 g/mol. The number of aryl methyl sites for hydroxylation is 1. The van der Waals surface area contributed by atoms with Gasteiger partial charge in [0.1, 0.15) is 5.75 Å². The maximum absolute atomic E-state index is 12.9. The number of ether oxygens (including phenoxy) is 2. The highest BCUT2D eigenvalue weighted by molar-refractivity contribution is 7.92. The molecule has 0 atom stereocenters. The van der Waals surface area contributed by atoms with E-state index in [2.05, 4.69) is 19.8 Å². The van der Waals surface area contributed by atoms with Crippen molar-refractivity contribution in [1.82, 2.24) is 9.99 Å². The molecule has 2 aromatic carbocycles. The summed E-state index contributed by atoms with van der Waals surface area (Å²) in [6.45, 7) is 5.27. The molecule has 180 valence electrons. The van der Waals surface area contributed by atoms with Gasteiger partial charge in [-0.05, 0) is 50.2 Å². The zero-order valence-electron chi connectivity index (χ0n) is 19.5. The van der Waals surface area contributed by atoms with Gasteiger partial charge in [0.2, 0.25) is 0 Å². The number of aromatic nitrogens is 1. The fourth-order valence-corrected chi connectivity index (χ4v) is 4.56. The van der Waals surface area contributed by atoms with Crippen molar-refractivity contribution in [1.29, 1.82) is 0 Å². The smallest absolute Gasteiger partial charge is 0.271 e. The molecule has 0 aliphatic carbocycles. The van der Waals surface area contributed by atoms with Crippen LogP contribution in [-0.2, 0) is 21.3 Å². The fraction of sp³-hybridized carbons (Fsp3) is 0.250. The number of benzene rings is 2. The number of nitrogens with zero attached hydrogens (tertiary/aromatic N) is 2. The Morgan fingerprint density at radius 2 is 1.85 bits per heavy atom. The predicted molar refractivity (Wildman–Crippen MR) is 131 cm³/mol. The van der Waals surface area contributed by atoms with Crippen molar-refractivity contribution >= 4 is 27.8 Å². The fourth-order valence-electron chi connectivity index (χ4n) is 3.45. The third-order valence-corrected chi connectivity index (χ3v) is 6.62. The van der Waals surface area contributed by atoms with E-state index in [9.17, 15) is 13.2 Å². The summed E-state index contributed by atoms with van der Waals surface area (Å²) in [5.74, 6) is -0.144. The number of carbonyl (C=O) groups excluding carboxylic acids is 1. The SMILES string of the molecule is COCCn1c(C)cc(C=NNC(=O)c2cccc(S(=O)(=O)Nc3ccccc3OC)c2)c1C. The topological polar surface area (TPSA) is 111 Å². The molecule has 3 rings (SSSR count). The molecule has 0 saturated heterocycles. The largest absolute Gasteiger partial charge is 0.495 e. The van der Waals surface area contributed by atoms with Crippen molar-refractivity contribution < 1.29 is 22.7 Å². The second-order valence-electron chi connectivity index (χ2n) is 7.50. The third kappa shape index (κ3) is 5.83. The minimum Gasteiger partial charge on any atom is -0.495 e. The lowest BCUT2D eigenvalue weighted by molar-refractivity contribution is 0.0955. The van der Waals surface area contributed by atoms with Crippen molar-refractivity contribution in [3.8, 4) is 5.75 Å². The number of carbonyl (C=O) groups is 1. The minimum absolute atomic E-state index is 0.0586. The van der Waals surface area contributed by atoms with Gasteiger partial charge < -0.3 is 14.0 Å². The predicted octanol–water partition coefficient (Wildman–Crippen LogP) is 3.32. The summed E-state index contributed by atoms with van der Waals surface area (Å²) in [4.78, 5) is 12.5. The Morgan fingerprint density at radius 1 is 1.09 bits per heavy atom. The molecule has 0 radical (unpaired) electrons. The molecule has 0 unspecified atom stereocenters. The summed E-state index contributed by atoms with van der Waals surface area (Å²) in [6.07, 6.45) is 1.56. The highest BCUT2D eigenvalue weighted by Crippen LogP contribution is 2.26. The molecule has 1 aromatic heterocycles. The lowest BCUT2D eigenvalue weighted by Crippen LogP contribution is -2.19. The molecule has 0 spiro atoms. The van der Waals surface area contributed by atoms with Crippen LogP contribution in [0.2, 0.25) is 0 Å². The summed E-state index contributed by atoms with van der Waals surface area (Å²) >= 11 is 0. The number of amides is 1. The first-order valence-corrected chi connectivity index (χ1v) is 12.0. The van der Waals surface area contributed by atoms with Gasteiger partial charge in [-0.25, -0.2) is 13.8 Å². The number of para-hydroxylation sites is 2. The zero-order valence-corrected chi connectivity index (χ0v) is 20.3. The molecule has 10 heteroatoms. The van der Waals surface area contributed by atoms with Gasteiger partial charge in [0.15, 0.2) is 0 Å². The van der Waals surface area contributed by atoms with E-state index in [1.165, 1.54) is 31.4 Å². The van der Waals surface area contributed by atoms with Crippen molar-refractivity contribution in [2.75, 3.05) is 25.5 Å². The first kappa shape index (κ1) is 25.0. The lowest BCUT2D eigenvalue weighted by Gasteiger charge is -2.12. The molecular formula is C24H28N4O5S. The number of sulfonamides is 1. The Morgan fingerprint density at radius 3 is 2.59 bits per heavy atom. The molecule has 0 saturated carbocycles. The average Bonchev–Trinajstić information content (AvgIpc) is 3.10. The Bertz CT molecular complexity index is 1300. The lowest BCUT2D eigenvalue weighted by atomic mass is 10.2. The van der Waals surface area contributed by atoms with Gasteiger partial charge in [-0.3, -0.25) is 9.52 Å². The van der Waals surface area contributed by atoms with Crippen molar-refractivity contribution in [2.45, 2.75) is 25.3 Å². The van der Waals surface area contributed by atoms with Gasteiger partial charge in [-0.1, -0.05) is 18.2 Å². The summed E-state index contributed by atoms with van der Waals surface area (Å²) < 4.78 is 40.6. The van der Waals surface area contributed by atoms with Crippen molar-refractivity contribution in [3.05, 3.63) is 77.1 Å².